The highest BCUT2D eigenvalue weighted by Gasteiger charge is 2.52. The Hall–Kier alpha value is -4.35. The lowest BCUT2D eigenvalue weighted by atomic mass is 9.75. The van der Waals surface area contributed by atoms with E-state index in [9.17, 15) is 59.7 Å². The van der Waals surface area contributed by atoms with Crippen LogP contribution in [0.1, 0.15) is 69.3 Å². The zero-order valence-electron chi connectivity index (χ0n) is 50.7. The summed E-state index contributed by atoms with van der Waals surface area (Å²) in [5.74, 6) is 7.55. The second-order valence-electron chi connectivity index (χ2n) is 21.4. The predicted octanol–water partition coefficient (Wildman–Crippen LogP) is 1.85. The fraction of sp³-hybridized carbons (Fsp3) is 0.638. The number of rotatable bonds is 25. The lowest BCUT2D eigenvalue weighted by Gasteiger charge is -2.46. The molecule has 0 radical (unpaired) electrons. The van der Waals surface area contributed by atoms with Crippen LogP contribution in [0.15, 0.2) is 35.1 Å². The largest absolute Gasteiger partial charge is 0.492 e. The van der Waals surface area contributed by atoms with Gasteiger partial charge in [-0.3, -0.25) is 29.3 Å². The Bertz CT molecular complexity index is 2980. The van der Waals surface area contributed by atoms with Crippen molar-refractivity contribution in [2.45, 2.75) is 181 Å². The van der Waals surface area contributed by atoms with Crippen LogP contribution >= 0.6 is 55.9 Å². The Kier molecular flexibility index (Phi) is 26.9. The number of halogens is 1. The van der Waals surface area contributed by atoms with Gasteiger partial charge in [-0.05, 0) is 74.5 Å². The molecule has 1 aromatic rings. The number of alkyl carbamates (subject to hydrolysis) is 1. The van der Waals surface area contributed by atoms with Crippen molar-refractivity contribution in [3.8, 4) is 40.9 Å². The fourth-order valence-corrected chi connectivity index (χ4v) is 14.8. The molecule has 1 aromatic carbocycles. The number of aliphatic hydroxyl groups excluding tert-OH is 4. The number of hydroxylamine groups is 1. The van der Waals surface area contributed by atoms with Gasteiger partial charge in [0.25, 0.3) is 0 Å². The molecule has 20 atom stereocenters. The number of aliphatic hydroxyl groups is 5. The molecule has 2 bridgehead atoms. The van der Waals surface area contributed by atoms with Crippen molar-refractivity contribution in [2.24, 2.45) is 0 Å². The molecule has 4 aliphatic heterocycles. The molecule has 0 saturated carbocycles. The third kappa shape index (κ3) is 17.1. The van der Waals surface area contributed by atoms with E-state index in [1.54, 1.807) is 27.7 Å². The van der Waals surface area contributed by atoms with Gasteiger partial charge in [0.05, 0.1) is 103 Å². The summed E-state index contributed by atoms with van der Waals surface area (Å²) < 4.78 is 72.3. The molecule has 4 saturated heterocycles. The summed E-state index contributed by atoms with van der Waals surface area (Å²) in [7, 11) is 8.29. The van der Waals surface area contributed by atoms with Crippen LogP contribution in [0.4, 0.5) is 4.79 Å². The van der Waals surface area contributed by atoms with E-state index < -0.39 is 162 Å². The minimum atomic E-state index is -2.28. The van der Waals surface area contributed by atoms with Crippen LogP contribution in [0.2, 0.25) is 0 Å². The zero-order valence-corrected chi connectivity index (χ0v) is 55.3. The number of Topliss-reactive ketones (excluding diaryl/α,β-unsaturated/α-hetero) is 1. The van der Waals surface area contributed by atoms with Gasteiger partial charge in [0, 0.05) is 44.0 Å². The highest BCUT2D eigenvalue weighted by atomic mass is 127. The van der Waals surface area contributed by atoms with E-state index in [0.29, 0.717) is 15.7 Å². The third-order valence-corrected chi connectivity index (χ3v) is 20.7. The van der Waals surface area contributed by atoms with Crippen molar-refractivity contribution >= 4 is 84.9 Å². The number of aliphatic carboxylic acids is 2. The number of hydrogen-bond donors (Lipinski definition) is 10. The number of carboxylic acid groups (broad SMARTS) is 2. The second kappa shape index (κ2) is 33.2. The van der Waals surface area contributed by atoms with Crippen molar-refractivity contribution in [3.63, 3.8) is 0 Å². The van der Waals surface area contributed by atoms with Crippen molar-refractivity contribution in [3.05, 3.63) is 49.8 Å². The van der Waals surface area contributed by atoms with Crippen LogP contribution < -0.4 is 30.3 Å². The van der Waals surface area contributed by atoms with Gasteiger partial charge in [-0.15, -0.1) is 0 Å². The number of benzene rings is 1. The molecule has 498 valence electrons. The number of carboxylic acids is 2. The monoisotopic (exact) mass is 1440 g/mol. The number of methoxy groups -OCH3 is 5. The molecule has 2 aliphatic carbocycles. The molecule has 28 nitrogen and oxygen atoms in total. The van der Waals surface area contributed by atoms with E-state index >= 15 is 0 Å². The van der Waals surface area contributed by atoms with Gasteiger partial charge in [-0.25, -0.2) is 4.79 Å². The average Bonchev–Trinajstić information content (AvgIpc) is 0.805. The standard InChI is InChI=1S/C58H76IN3O25S3/c1-11-60-30-24-80-37(21-34(30)75-6)85-50-45(68)42(26(3)82-56(50)84-33-16-14-12-13-15-18-58(74)23-32(64)43(61-57(73)79-10)40(33)29(58)17-19-88-90-35(53(70)71)22-36(65)66)62-87-38-20-31(63)52(28(5)81-38)89-54(72)39-25(2)41(59)48(51(78-9)47(39)76-7)86-55-46(69)49(77-8)44(67)27(4)83-55/h12-13,17,26-28,30-31,33-35,37-38,42,44-46,49-50,52,55-56,60,62-63,67-69,74H,11,19-24H2,1-10H3,(H,61,73)(H,65,66)(H,70,71)/b13-12-,29-17+/t26-,27+,28-,30+,31+,33+,34+,35?,37+,38+,42-,44+,45+,46-,49-,50-,52-,55+,56+,58+/m1/s1. The molecular formula is C58H76IN3O25S3. The number of ketones is 1. The van der Waals surface area contributed by atoms with Crippen LogP contribution in [0.5, 0.6) is 17.2 Å². The third-order valence-electron chi connectivity index (χ3n) is 15.5. The molecular weight excluding hydrogens is 1360 g/mol. The number of ether oxygens (including phenoxy) is 12. The minimum Gasteiger partial charge on any atom is -0.492 e. The average molecular weight is 1440 g/mol. The number of thioether (sulfide) groups is 1. The summed E-state index contributed by atoms with van der Waals surface area (Å²) in [6.45, 7) is 9.13. The maximum Gasteiger partial charge on any atom is 0.411 e. The van der Waals surface area contributed by atoms with Crippen molar-refractivity contribution in [1.82, 2.24) is 16.1 Å². The van der Waals surface area contributed by atoms with E-state index in [1.807, 2.05) is 29.5 Å². The lowest BCUT2D eigenvalue weighted by Crippen LogP contribution is -2.65. The number of carbonyl (C=O) groups is 5. The second-order valence-corrected chi connectivity index (χ2v) is 26.2. The summed E-state index contributed by atoms with van der Waals surface area (Å²) in [5.41, 5.74) is 0.356. The van der Waals surface area contributed by atoms with Crippen molar-refractivity contribution in [2.75, 3.05) is 54.5 Å². The molecule has 1 amide bonds. The van der Waals surface area contributed by atoms with E-state index in [0.717, 1.165) is 40.5 Å². The number of amides is 1. The maximum absolute atomic E-state index is 14.5. The first-order valence-electron chi connectivity index (χ1n) is 28.5. The van der Waals surface area contributed by atoms with Gasteiger partial charge in [-0.2, -0.15) is 5.48 Å². The minimum absolute atomic E-state index is 0.00133. The molecule has 90 heavy (non-hydrogen) atoms. The summed E-state index contributed by atoms with van der Waals surface area (Å²) in [6.07, 6.45) is -16.4. The molecule has 4 heterocycles. The van der Waals surface area contributed by atoms with Gasteiger partial charge in [0.15, 0.2) is 41.8 Å². The highest BCUT2D eigenvalue weighted by molar-refractivity contribution is 14.1. The van der Waals surface area contributed by atoms with Gasteiger partial charge < -0.3 is 97.9 Å². The lowest BCUT2D eigenvalue weighted by molar-refractivity contribution is -0.336. The van der Waals surface area contributed by atoms with Gasteiger partial charge in [0.2, 0.25) is 17.2 Å². The van der Waals surface area contributed by atoms with Crippen LogP contribution in [-0.4, -0.2) is 240 Å². The topological polar surface area (TPSA) is 383 Å². The Morgan fingerprint density at radius 1 is 0.867 bits per heavy atom. The number of nitrogens with one attached hydrogen (secondary N) is 3. The summed E-state index contributed by atoms with van der Waals surface area (Å²) in [4.78, 5) is 71.2. The van der Waals surface area contributed by atoms with Crippen LogP contribution in [-0.2, 0) is 61.9 Å². The predicted molar refractivity (Wildman–Crippen MR) is 330 cm³/mol. The first-order chi connectivity index (χ1) is 42.8. The van der Waals surface area contributed by atoms with E-state index in [2.05, 4.69) is 39.8 Å². The molecule has 10 N–H and O–H groups in total. The SMILES string of the molecule is CCN[C@H]1CO[C@@H](O[C@H]2[C@H](O[C@H]3C#C/C=C\C#C[C@]4(O)CC(=O)C(NC(=O)OC)=C3/C4=C\CSSC(CC(=O)O)C(=O)O)O[C@H](C)[C@@H](NO[C@H]3C[C@H](O)[C@H](SC(=O)c4c(C)c(I)c(O[C@@H]5O[C@@H](C)[C@H](O)[C@@H](OC)[C@H]5O)c(OC)c4OC)[C@@H](C)O3)[C@@H]2O)C[C@@H]1OC. The van der Waals surface area contributed by atoms with E-state index in [4.69, 9.17) is 61.7 Å². The van der Waals surface area contributed by atoms with Crippen LogP contribution in [0, 0.1) is 34.2 Å². The number of carbonyl (C=O) groups excluding carboxylic acids is 3. The molecule has 4 fully saturated rings. The molecule has 0 spiro atoms. The van der Waals surface area contributed by atoms with Crippen LogP contribution in [0.25, 0.3) is 0 Å². The summed E-state index contributed by atoms with van der Waals surface area (Å²) in [6, 6.07) is -1.41. The fourth-order valence-electron chi connectivity index (χ4n) is 10.9. The first-order valence-corrected chi connectivity index (χ1v) is 32.8. The molecule has 6 aliphatic rings. The Morgan fingerprint density at radius 3 is 2.22 bits per heavy atom. The van der Waals surface area contributed by atoms with Crippen molar-refractivity contribution < 1.29 is 121 Å². The normalized spacial score (nSPS) is 34.6. The van der Waals surface area contributed by atoms with Gasteiger partial charge >= 0.3 is 18.0 Å². The number of fused-ring (bicyclic) bond motifs is 2. The Morgan fingerprint density at radius 2 is 1.58 bits per heavy atom. The van der Waals surface area contributed by atoms with E-state index in [-0.39, 0.29) is 65.2 Å². The molecule has 32 heteroatoms. The summed E-state index contributed by atoms with van der Waals surface area (Å²) in [5, 5.41) is 80.3. The summed E-state index contributed by atoms with van der Waals surface area (Å²) >= 11 is 2.77. The highest BCUT2D eigenvalue weighted by Crippen LogP contribution is 2.49. The van der Waals surface area contributed by atoms with Crippen molar-refractivity contribution in [1.29, 1.82) is 0 Å². The quantitative estimate of drug-likeness (QED) is 0.0219. The Labute approximate surface area is 545 Å². The molecule has 0 aromatic heterocycles. The van der Waals surface area contributed by atoms with Gasteiger partial charge in [0.1, 0.15) is 41.9 Å². The number of likely N-dealkylation sites (N-methyl/N-ethyl adjacent to an activating group) is 1. The van der Waals surface area contributed by atoms with Gasteiger partial charge in [-0.1, -0.05) is 70.0 Å². The number of hydrogen-bond acceptors (Lipinski definition) is 28. The molecule has 1 unspecified atom stereocenters. The number of allylic oxidation sites excluding steroid dienone is 3. The Balaban J connectivity index is 1.13. The zero-order chi connectivity index (χ0) is 65.9. The molecule has 7 rings (SSSR count). The maximum atomic E-state index is 14.5. The van der Waals surface area contributed by atoms with E-state index in [1.165, 1.54) is 46.7 Å². The van der Waals surface area contributed by atoms with Crippen LogP contribution in [0.3, 0.4) is 0 Å². The first kappa shape index (κ1) is 73.1. The smallest absolute Gasteiger partial charge is 0.411 e.